The summed E-state index contributed by atoms with van der Waals surface area (Å²) in [7, 11) is 2.65. The average molecular weight is 347 g/mol. The first-order valence-electron chi connectivity index (χ1n) is 9.10. The minimum absolute atomic E-state index is 0.386. The fraction of sp³-hybridized carbons (Fsp3) is 0.765. The number of piperidine rings is 1. The Morgan fingerprint density at radius 2 is 1.96 bits per heavy atom. The first-order valence-corrected chi connectivity index (χ1v) is 10.3. The van der Waals surface area contributed by atoms with Gasteiger partial charge in [0.2, 0.25) is 5.95 Å². The molecular weight excluding hydrogens is 320 g/mol. The molecule has 2 radical (unpaired) electrons. The summed E-state index contributed by atoms with van der Waals surface area (Å²) in [5, 5.41) is 5.08. The zero-order valence-electron chi connectivity index (χ0n) is 14.4. The summed E-state index contributed by atoms with van der Waals surface area (Å²) in [6.45, 7) is 3.67. The lowest BCUT2D eigenvalue weighted by Gasteiger charge is -2.32. The average Bonchev–Trinajstić information content (AvgIpc) is 3.11. The fourth-order valence-electron chi connectivity index (χ4n) is 3.74. The number of nitrogens with one attached hydrogen (secondary N) is 1. The molecule has 4 heterocycles. The summed E-state index contributed by atoms with van der Waals surface area (Å²) < 4.78 is 11.0. The quantitative estimate of drug-likeness (QED) is 0.821. The van der Waals surface area contributed by atoms with Gasteiger partial charge in [0.1, 0.15) is 5.82 Å². The molecule has 7 heteroatoms. The molecule has 1 aromatic heterocycles. The molecule has 4 rings (SSSR count). The normalized spacial score (nSPS) is 22.6. The minimum Gasteiger partial charge on any atom is -0.381 e. The van der Waals surface area contributed by atoms with Crippen LogP contribution in [-0.2, 0) is 15.9 Å². The number of fused-ring (bicyclic) bond motifs is 1. The molecule has 24 heavy (non-hydrogen) atoms. The van der Waals surface area contributed by atoms with E-state index in [1.165, 1.54) is 16.9 Å². The monoisotopic (exact) mass is 346 g/mol. The van der Waals surface area contributed by atoms with E-state index in [-0.39, 0.29) is 0 Å². The minimum atomic E-state index is 0.386. The smallest absolute Gasteiger partial charge is 0.227 e. The van der Waals surface area contributed by atoms with Gasteiger partial charge in [-0.05, 0) is 37.3 Å². The number of methoxy groups -OCH3 is 1. The van der Waals surface area contributed by atoms with Crippen LogP contribution in [0.15, 0.2) is 0 Å². The van der Waals surface area contributed by atoms with Crippen molar-refractivity contribution in [3.63, 3.8) is 0 Å². The van der Waals surface area contributed by atoms with Gasteiger partial charge in [0.05, 0.1) is 15.6 Å². The summed E-state index contributed by atoms with van der Waals surface area (Å²) in [6, 6.07) is 1.71. The number of hydrogen-bond donors (Lipinski definition) is 1. The molecule has 0 amide bonds. The lowest BCUT2D eigenvalue weighted by molar-refractivity contribution is 0.0816. The van der Waals surface area contributed by atoms with Crippen molar-refractivity contribution in [2.24, 2.45) is 0 Å². The molecule has 0 saturated carbocycles. The van der Waals surface area contributed by atoms with Crippen molar-refractivity contribution < 1.29 is 9.47 Å². The highest BCUT2D eigenvalue weighted by atomic mass is 28.2. The molecular formula is C17H26N4O2Si. The van der Waals surface area contributed by atoms with E-state index in [1.54, 1.807) is 0 Å². The number of rotatable bonds is 4. The molecule has 2 fully saturated rings. The number of aromatic nitrogens is 2. The van der Waals surface area contributed by atoms with Crippen LogP contribution in [0.5, 0.6) is 0 Å². The van der Waals surface area contributed by atoms with Gasteiger partial charge in [0.15, 0.2) is 0 Å². The molecule has 130 valence electrons. The maximum absolute atomic E-state index is 5.48. The van der Waals surface area contributed by atoms with E-state index >= 15 is 0 Å². The maximum atomic E-state index is 5.48. The van der Waals surface area contributed by atoms with Crippen molar-refractivity contribution in [2.45, 2.75) is 50.3 Å². The Morgan fingerprint density at radius 3 is 2.71 bits per heavy atom. The van der Waals surface area contributed by atoms with Gasteiger partial charge in [0, 0.05) is 45.1 Å². The van der Waals surface area contributed by atoms with E-state index in [2.05, 4.69) is 10.2 Å². The number of nitrogens with zero attached hydrogens (tertiary/aromatic N) is 3. The van der Waals surface area contributed by atoms with Crippen LogP contribution in [0.3, 0.4) is 0 Å². The van der Waals surface area contributed by atoms with Crippen molar-refractivity contribution in [1.82, 2.24) is 9.97 Å². The van der Waals surface area contributed by atoms with E-state index in [0.717, 1.165) is 79.7 Å². The lowest BCUT2D eigenvalue weighted by atomic mass is 10.1. The molecule has 0 atom stereocenters. The van der Waals surface area contributed by atoms with Crippen molar-refractivity contribution in [2.75, 3.05) is 43.6 Å². The molecule has 1 aromatic rings. The summed E-state index contributed by atoms with van der Waals surface area (Å²) in [5.41, 5.74) is 1.27. The fourth-order valence-corrected chi connectivity index (χ4v) is 5.03. The van der Waals surface area contributed by atoms with Crippen LogP contribution in [0.25, 0.3) is 0 Å². The van der Waals surface area contributed by atoms with E-state index in [0.29, 0.717) is 12.1 Å². The van der Waals surface area contributed by atoms with Crippen molar-refractivity contribution >= 4 is 26.5 Å². The SMILES string of the molecule is COC1CCN(c2nc3c(c(NC4CCOCC4)n2)[Si]CC3)CC1. The summed E-state index contributed by atoms with van der Waals surface area (Å²) in [5.74, 6) is 2.00. The van der Waals surface area contributed by atoms with Crippen LogP contribution in [0.1, 0.15) is 31.4 Å². The van der Waals surface area contributed by atoms with Gasteiger partial charge in [-0.3, -0.25) is 0 Å². The van der Waals surface area contributed by atoms with Crippen molar-refractivity contribution in [3.05, 3.63) is 5.69 Å². The highest BCUT2D eigenvalue weighted by molar-refractivity contribution is 6.57. The Balaban J connectivity index is 1.54. The maximum Gasteiger partial charge on any atom is 0.227 e. The second-order valence-electron chi connectivity index (χ2n) is 6.82. The number of ether oxygens (including phenoxy) is 2. The van der Waals surface area contributed by atoms with E-state index in [9.17, 15) is 0 Å². The van der Waals surface area contributed by atoms with Gasteiger partial charge >= 0.3 is 0 Å². The Bertz CT molecular complexity index is 572. The second kappa shape index (κ2) is 7.37. The topological polar surface area (TPSA) is 59.5 Å². The highest BCUT2D eigenvalue weighted by Gasteiger charge is 2.26. The Kier molecular flexibility index (Phi) is 5.00. The summed E-state index contributed by atoms with van der Waals surface area (Å²) in [6.07, 6.45) is 5.73. The van der Waals surface area contributed by atoms with E-state index in [1.807, 2.05) is 7.11 Å². The van der Waals surface area contributed by atoms with Crippen LogP contribution in [0.2, 0.25) is 6.04 Å². The van der Waals surface area contributed by atoms with Gasteiger partial charge in [-0.2, -0.15) is 4.98 Å². The third kappa shape index (κ3) is 3.43. The molecule has 0 unspecified atom stereocenters. The predicted molar refractivity (Wildman–Crippen MR) is 95.6 cm³/mol. The molecule has 0 aromatic carbocycles. The zero-order chi connectivity index (χ0) is 16.4. The van der Waals surface area contributed by atoms with Gasteiger partial charge in [-0.25, -0.2) is 4.98 Å². The predicted octanol–water partition coefficient (Wildman–Crippen LogP) is 0.987. The van der Waals surface area contributed by atoms with Crippen LogP contribution in [0.4, 0.5) is 11.8 Å². The molecule has 0 bridgehead atoms. The Hall–Kier alpha value is -1.18. The van der Waals surface area contributed by atoms with Crippen LogP contribution >= 0.6 is 0 Å². The third-order valence-corrected chi connectivity index (χ3v) is 6.63. The number of aryl methyl sites for hydroxylation is 1. The van der Waals surface area contributed by atoms with Gasteiger partial charge in [-0.1, -0.05) is 6.04 Å². The first-order chi connectivity index (χ1) is 11.8. The van der Waals surface area contributed by atoms with Gasteiger partial charge in [-0.15, -0.1) is 0 Å². The first kappa shape index (κ1) is 16.3. The van der Waals surface area contributed by atoms with Crippen molar-refractivity contribution in [1.29, 1.82) is 0 Å². The molecule has 3 aliphatic rings. The highest BCUT2D eigenvalue weighted by Crippen LogP contribution is 2.23. The van der Waals surface area contributed by atoms with Crippen molar-refractivity contribution in [3.8, 4) is 0 Å². The third-order valence-electron chi connectivity index (χ3n) is 5.26. The molecule has 0 aliphatic carbocycles. The molecule has 6 nitrogen and oxygen atoms in total. The zero-order valence-corrected chi connectivity index (χ0v) is 15.4. The molecule has 3 aliphatic heterocycles. The van der Waals surface area contributed by atoms with E-state index < -0.39 is 0 Å². The molecule has 0 spiro atoms. The van der Waals surface area contributed by atoms with Crippen LogP contribution < -0.4 is 15.4 Å². The number of hydrogen-bond acceptors (Lipinski definition) is 6. The summed E-state index contributed by atoms with van der Waals surface area (Å²) in [4.78, 5) is 12.2. The summed E-state index contributed by atoms with van der Waals surface area (Å²) >= 11 is 0. The lowest BCUT2D eigenvalue weighted by Crippen LogP contribution is -2.39. The number of anilines is 2. The van der Waals surface area contributed by atoms with Crippen LogP contribution in [-0.4, -0.2) is 65.0 Å². The van der Waals surface area contributed by atoms with Gasteiger partial charge in [0.25, 0.3) is 0 Å². The van der Waals surface area contributed by atoms with Gasteiger partial charge < -0.3 is 19.7 Å². The van der Waals surface area contributed by atoms with Crippen LogP contribution in [0, 0.1) is 0 Å². The second-order valence-corrected chi connectivity index (χ2v) is 8.18. The molecule has 2 saturated heterocycles. The molecule has 1 N–H and O–H groups in total. The van der Waals surface area contributed by atoms with E-state index in [4.69, 9.17) is 19.4 Å². The standard InChI is InChI=1S/C17H26N4O2Si/c1-22-13-2-7-21(8-3-13)17-19-14-6-11-24-15(14)16(20-17)18-12-4-9-23-10-5-12/h12-13H,2-11H2,1H3,(H,18,19,20). The Morgan fingerprint density at radius 1 is 1.17 bits per heavy atom. The largest absolute Gasteiger partial charge is 0.381 e. The Labute approximate surface area is 146 Å².